The van der Waals surface area contributed by atoms with Gasteiger partial charge in [0.05, 0.1) is 34.5 Å². The van der Waals surface area contributed by atoms with E-state index in [1.54, 1.807) is 4.90 Å². The Bertz CT molecular complexity index is 1440. The number of hydrogen-bond acceptors (Lipinski definition) is 4. The van der Waals surface area contributed by atoms with Gasteiger partial charge in [-0.25, -0.2) is 14.1 Å². The minimum Gasteiger partial charge on any atom is -0.377 e. The van der Waals surface area contributed by atoms with Gasteiger partial charge in [0.1, 0.15) is 10.8 Å². The monoisotopic (exact) mass is 660 g/mol. The van der Waals surface area contributed by atoms with Gasteiger partial charge in [-0.2, -0.15) is 31.4 Å². The molecule has 1 fully saturated rings. The number of aromatic nitrogens is 3. The summed E-state index contributed by atoms with van der Waals surface area (Å²) in [6, 6.07) is 1.91. The molecule has 0 unspecified atom stereocenters. The summed E-state index contributed by atoms with van der Waals surface area (Å²) in [4.78, 5) is 19.1. The Hall–Kier alpha value is -2.61. The number of alkyl halides is 7. The summed E-state index contributed by atoms with van der Waals surface area (Å²) in [6.07, 6.45) is -7.10. The van der Waals surface area contributed by atoms with E-state index in [-0.39, 0.29) is 46.6 Å². The van der Waals surface area contributed by atoms with Crippen LogP contribution in [0.25, 0.3) is 16.8 Å². The van der Waals surface area contributed by atoms with Crippen molar-refractivity contribution in [3.8, 4) is 16.8 Å². The highest BCUT2D eigenvalue weighted by atomic mass is 35.5. The van der Waals surface area contributed by atoms with Crippen molar-refractivity contribution in [3.63, 3.8) is 0 Å². The molecule has 2 heterocycles. The molecule has 3 aromatic rings. The largest absolute Gasteiger partial charge is 0.435 e. The zero-order valence-electron chi connectivity index (χ0n) is 21.8. The van der Waals surface area contributed by atoms with Gasteiger partial charge in [-0.1, -0.05) is 34.8 Å². The maximum atomic E-state index is 14.6. The van der Waals surface area contributed by atoms with Crippen LogP contribution >= 0.6 is 34.8 Å². The molecule has 2 aromatic heterocycles. The average molecular weight is 662 g/mol. The van der Waals surface area contributed by atoms with E-state index in [1.807, 2.05) is 13.8 Å². The minimum absolute atomic E-state index is 0.0155. The van der Waals surface area contributed by atoms with Crippen LogP contribution in [-0.4, -0.2) is 63.2 Å². The van der Waals surface area contributed by atoms with Gasteiger partial charge in [-0.05, 0) is 44.9 Å². The predicted octanol–water partition coefficient (Wildman–Crippen LogP) is 8.21. The number of carbonyl (C=O) groups excluding carboxylic acids is 1. The van der Waals surface area contributed by atoms with Crippen molar-refractivity contribution < 1.29 is 40.3 Å². The molecule has 1 saturated carbocycles. The third-order valence-corrected chi connectivity index (χ3v) is 7.32. The number of hydrogen-bond donors (Lipinski definition) is 0. The standard InChI is InChI=1S/C26H22Cl3F7N4O2/c1-13(2)42-6-5-39(17-3-4-17)23(41)18-7-14(10-37-22(18)29)15-11-38-40(12-15)21-19(27)8-16(9-20(21)28)24(30,25(31,32)33)26(34,35)36/h7-13,17H,3-6H2,1-2H3. The third-order valence-electron chi connectivity index (χ3n) is 6.44. The molecule has 0 atom stereocenters. The SMILES string of the molecule is CC(C)OCCN(C(=O)c1cc(-c2cnn(-c3c(Cl)cc(C(F)(C(F)(F)F)C(F)(F)F)cc3Cl)c2)cnc1Cl)C1CC1. The molecule has 6 nitrogen and oxygen atoms in total. The van der Waals surface area contributed by atoms with E-state index in [0.29, 0.717) is 24.3 Å². The molecule has 1 aliphatic carbocycles. The van der Waals surface area contributed by atoms with Gasteiger partial charge >= 0.3 is 18.0 Å². The first-order valence-corrected chi connectivity index (χ1v) is 13.5. The van der Waals surface area contributed by atoms with E-state index in [1.165, 1.54) is 24.7 Å². The smallest absolute Gasteiger partial charge is 0.377 e. The maximum absolute atomic E-state index is 14.6. The van der Waals surface area contributed by atoms with Gasteiger partial charge in [-0.3, -0.25) is 4.79 Å². The number of pyridine rings is 1. The number of halogens is 10. The van der Waals surface area contributed by atoms with Crippen LogP contribution in [-0.2, 0) is 10.4 Å². The first-order valence-electron chi connectivity index (χ1n) is 12.4. The molecule has 228 valence electrons. The quantitative estimate of drug-likeness (QED) is 0.171. The van der Waals surface area contributed by atoms with Crippen molar-refractivity contribution in [2.24, 2.45) is 0 Å². The lowest BCUT2D eigenvalue weighted by molar-refractivity contribution is -0.348. The van der Waals surface area contributed by atoms with E-state index in [9.17, 15) is 35.5 Å². The lowest BCUT2D eigenvalue weighted by Crippen LogP contribution is -2.50. The van der Waals surface area contributed by atoms with Gasteiger partial charge in [0.2, 0.25) is 0 Å². The van der Waals surface area contributed by atoms with Crippen LogP contribution in [0, 0.1) is 0 Å². The highest BCUT2D eigenvalue weighted by Crippen LogP contribution is 2.54. The topological polar surface area (TPSA) is 60.2 Å². The molecule has 0 N–H and O–H groups in total. The van der Waals surface area contributed by atoms with Gasteiger partial charge in [0.15, 0.2) is 0 Å². The average Bonchev–Trinajstić information content (AvgIpc) is 3.60. The number of nitrogens with zero attached hydrogens (tertiary/aromatic N) is 4. The van der Waals surface area contributed by atoms with Crippen molar-refractivity contribution in [3.05, 3.63) is 63.1 Å². The first kappa shape index (κ1) is 32.3. The summed E-state index contributed by atoms with van der Waals surface area (Å²) in [5, 5.41) is 2.54. The molecule has 1 aliphatic rings. The number of benzene rings is 1. The highest BCUT2D eigenvalue weighted by molar-refractivity contribution is 6.38. The fourth-order valence-corrected chi connectivity index (χ4v) is 5.04. The Morgan fingerprint density at radius 3 is 2.12 bits per heavy atom. The molecule has 0 spiro atoms. The van der Waals surface area contributed by atoms with Crippen LogP contribution in [0.3, 0.4) is 0 Å². The second-order valence-electron chi connectivity index (χ2n) is 9.83. The lowest BCUT2D eigenvalue weighted by Gasteiger charge is -2.30. The third kappa shape index (κ3) is 6.34. The normalized spacial score (nSPS) is 14.5. The van der Waals surface area contributed by atoms with E-state index >= 15 is 0 Å². The second-order valence-corrected chi connectivity index (χ2v) is 11.0. The van der Waals surface area contributed by atoms with Gasteiger partial charge in [0.25, 0.3) is 5.91 Å². The summed E-state index contributed by atoms with van der Waals surface area (Å²) >= 11 is 18.3. The van der Waals surface area contributed by atoms with E-state index in [2.05, 4.69) is 10.1 Å². The molecule has 0 radical (unpaired) electrons. The Balaban J connectivity index is 1.66. The van der Waals surface area contributed by atoms with Crippen molar-refractivity contribution in [1.82, 2.24) is 19.7 Å². The Morgan fingerprint density at radius 1 is 1.00 bits per heavy atom. The molecule has 0 saturated heterocycles. The van der Waals surface area contributed by atoms with Crippen molar-refractivity contribution in [1.29, 1.82) is 0 Å². The van der Waals surface area contributed by atoms with Crippen LogP contribution in [0.15, 0.2) is 36.8 Å². The van der Waals surface area contributed by atoms with Gasteiger partial charge in [0, 0.05) is 41.7 Å². The predicted molar refractivity (Wildman–Crippen MR) is 142 cm³/mol. The minimum atomic E-state index is -6.34. The zero-order chi connectivity index (χ0) is 31.2. The van der Waals surface area contributed by atoms with E-state index < -0.39 is 33.6 Å². The van der Waals surface area contributed by atoms with Crippen molar-refractivity contribution in [2.45, 2.75) is 56.9 Å². The number of carbonyl (C=O) groups is 1. The van der Waals surface area contributed by atoms with E-state index in [0.717, 1.165) is 17.5 Å². The summed E-state index contributed by atoms with van der Waals surface area (Å²) in [7, 11) is 0. The molecule has 42 heavy (non-hydrogen) atoms. The fraction of sp³-hybridized carbons (Fsp3) is 0.423. The molecular formula is C26H22Cl3F7N4O2. The summed E-state index contributed by atoms with van der Waals surface area (Å²) in [6.45, 7) is 4.42. The molecule has 0 bridgehead atoms. The number of amides is 1. The highest BCUT2D eigenvalue weighted by Gasteiger charge is 2.73. The zero-order valence-corrected chi connectivity index (χ0v) is 24.1. The van der Waals surface area contributed by atoms with Crippen LogP contribution < -0.4 is 0 Å². The molecule has 1 amide bonds. The first-order chi connectivity index (χ1) is 19.5. The van der Waals surface area contributed by atoms with E-state index in [4.69, 9.17) is 39.5 Å². The summed E-state index contributed by atoms with van der Waals surface area (Å²) in [5.41, 5.74) is -7.05. The van der Waals surface area contributed by atoms with Gasteiger partial charge in [-0.15, -0.1) is 0 Å². The van der Waals surface area contributed by atoms with Crippen LogP contribution in [0.2, 0.25) is 15.2 Å². The Kier molecular flexibility index (Phi) is 9.09. The van der Waals surface area contributed by atoms with Crippen molar-refractivity contribution in [2.75, 3.05) is 13.2 Å². The molecular weight excluding hydrogens is 640 g/mol. The second kappa shape index (κ2) is 11.8. The van der Waals surface area contributed by atoms with Crippen LogP contribution in [0.4, 0.5) is 30.7 Å². The number of rotatable bonds is 9. The molecule has 16 heteroatoms. The Labute approximate surface area is 250 Å². The van der Waals surface area contributed by atoms with Crippen LogP contribution in [0.5, 0.6) is 0 Å². The lowest BCUT2D eigenvalue weighted by atomic mass is 9.94. The molecule has 0 aliphatic heterocycles. The molecule has 1 aromatic carbocycles. The van der Waals surface area contributed by atoms with Gasteiger partial charge < -0.3 is 9.64 Å². The van der Waals surface area contributed by atoms with Crippen LogP contribution in [0.1, 0.15) is 42.6 Å². The fourth-order valence-electron chi connectivity index (χ4n) is 4.20. The maximum Gasteiger partial charge on any atom is 0.435 e. The Morgan fingerprint density at radius 2 is 1.60 bits per heavy atom. The van der Waals surface area contributed by atoms with Crippen molar-refractivity contribution >= 4 is 40.7 Å². The summed E-state index contributed by atoms with van der Waals surface area (Å²) < 4.78 is 100. The molecule has 4 rings (SSSR count). The number of ether oxygens (including phenoxy) is 1. The summed E-state index contributed by atoms with van der Waals surface area (Å²) in [5.74, 6) is -0.359.